The maximum atomic E-state index is 13.5. The summed E-state index contributed by atoms with van der Waals surface area (Å²) < 4.78 is 5.05. The second kappa shape index (κ2) is 10.7. The van der Waals surface area contributed by atoms with E-state index in [9.17, 15) is 24.6 Å². The van der Waals surface area contributed by atoms with Crippen LogP contribution in [0.3, 0.4) is 0 Å². The number of rotatable bonds is 8. The van der Waals surface area contributed by atoms with Crippen molar-refractivity contribution < 1.29 is 29.3 Å². The molecule has 39 heavy (non-hydrogen) atoms. The van der Waals surface area contributed by atoms with Crippen LogP contribution in [0.15, 0.2) is 67.3 Å². The van der Waals surface area contributed by atoms with Crippen molar-refractivity contribution in [3.63, 3.8) is 0 Å². The smallest absolute Gasteiger partial charge is 0.414 e. The van der Waals surface area contributed by atoms with E-state index in [0.717, 1.165) is 11.1 Å². The summed E-state index contributed by atoms with van der Waals surface area (Å²) in [6.45, 7) is 6.63. The molecule has 1 fully saturated rings. The molecule has 5 rings (SSSR count). The van der Waals surface area contributed by atoms with Crippen LogP contribution in [-0.4, -0.2) is 65.4 Å². The summed E-state index contributed by atoms with van der Waals surface area (Å²) >= 11 is 0. The summed E-state index contributed by atoms with van der Waals surface area (Å²) in [5, 5.41) is 21.8. The maximum Gasteiger partial charge on any atom is 0.414 e. The molecule has 3 aliphatic heterocycles. The summed E-state index contributed by atoms with van der Waals surface area (Å²) in [5.74, 6) is -1.31. The number of cyclic esters (lactones) is 1. The molecule has 0 spiro atoms. The Hall–Kier alpha value is -3.95. The Bertz CT molecular complexity index is 1340. The lowest BCUT2D eigenvalue weighted by molar-refractivity contribution is -0.139. The van der Waals surface area contributed by atoms with Gasteiger partial charge in [-0.25, -0.2) is 4.79 Å². The number of carbonyl (C=O) groups is 3. The van der Waals surface area contributed by atoms with Gasteiger partial charge in [-0.15, -0.1) is 6.58 Å². The van der Waals surface area contributed by atoms with Crippen molar-refractivity contribution in [3.05, 3.63) is 84.0 Å². The topological polar surface area (TPSA) is 111 Å². The fraction of sp³-hybridized carbons (Fsp3) is 0.367. The maximum absolute atomic E-state index is 13.5. The van der Waals surface area contributed by atoms with Crippen LogP contribution in [0.2, 0.25) is 0 Å². The molecule has 3 amide bonds. The van der Waals surface area contributed by atoms with Gasteiger partial charge in [0.15, 0.2) is 5.60 Å². The second-order valence-corrected chi connectivity index (χ2v) is 10.2. The Kier molecular flexibility index (Phi) is 7.29. The van der Waals surface area contributed by atoms with Crippen LogP contribution >= 0.6 is 0 Å². The molecule has 0 bridgehead atoms. The largest absolute Gasteiger partial charge is 0.447 e. The molecule has 3 heterocycles. The first-order valence-corrected chi connectivity index (χ1v) is 13.2. The van der Waals surface area contributed by atoms with Crippen LogP contribution in [0.25, 0.3) is 0 Å². The number of hydrogen-bond acceptors (Lipinski definition) is 6. The van der Waals surface area contributed by atoms with Gasteiger partial charge in [0.25, 0.3) is 5.91 Å². The van der Waals surface area contributed by atoms with Gasteiger partial charge in [-0.2, -0.15) is 0 Å². The molecule has 3 aliphatic rings. The number of anilines is 2. The van der Waals surface area contributed by atoms with Crippen LogP contribution in [0.4, 0.5) is 16.2 Å². The number of nitrogens with zero attached hydrogens (tertiary/aromatic N) is 3. The number of benzene rings is 2. The quantitative estimate of drug-likeness (QED) is 0.507. The molecule has 9 nitrogen and oxygen atoms in total. The highest BCUT2D eigenvalue weighted by Crippen LogP contribution is 2.46. The Morgan fingerprint density at radius 3 is 2.69 bits per heavy atom. The number of aliphatic hydroxyl groups is 2. The van der Waals surface area contributed by atoms with Gasteiger partial charge in [-0.05, 0) is 35.7 Å². The zero-order chi connectivity index (χ0) is 27.7. The van der Waals surface area contributed by atoms with E-state index in [1.807, 2.05) is 24.3 Å². The number of hydrogen-bond donors (Lipinski definition) is 2. The zero-order valence-corrected chi connectivity index (χ0v) is 22.0. The molecule has 0 saturated carbocycles. The number of carbonyl (C=O) groups excluding carboxylic acids is 3. The Balaban J connectivity index is 1.37. The van der Waals surface area contributed by atoms with E-state index < -0.39 is 23.5 Å². The molecule has 2 aromatic rings. The summed E-state index contributed by atoms with van der Waals surface area (Å²) in [5.41, 5.74) is 1.78. The van der Waals surface area contributed by atoms with E-state index in [-0.39, 0.29) is 38.1 Å². The van der Waals surface area contributed by atoms with E-state index in [1.54, 1.807) is 48.3 Å². The van der Waals surface area contributed by atoms with Crippen LogP contribution in [0, 0.1) is 5.92 Å². The van der Waals surface area contributed by atoms with Crippen molar-refractivity contribution in [1.29, 1.82) is 0 Å². The van der Waals surface area contributed by atoms with Gasteiger partial charge in [-0.3, -0.25) is 14.5 Å². The summed E-state index contributed by atoms with van der Waals surface area (Å²) in [6.07, 6.45) is 5.13. The first-order chi connectivity index (χ1) is 18.8. The van der Waals surface area contributed by atoms with Crippen molar-refractivity contribution in [2.75, 3.05) is 36.1 Å². The fourth-order valence-electron chi connectivity index (χ4n) is 5.71. The van der Waals surface area contributed by atoms with Crippen molar-refractivity contribution in [2.45, 2.75) is 38.0 Å². The summed E-state index contributed by atoms with van der Waals surface area (Å²) in [6, 6.07) is 12.7. The average Bonchev–Trinajstić information content (AvgIpc) is 3.47. The molecule has 2 aromatic carbocycles. The molecule has 9 heteroatoms. The van der Waals surface area contributed by atoms with E-state index in [1.165, 1.54) is 9.80 Å². The number of aliphatic hydroxyl groups excluding tert-OH is 1. The zero-order valence-electron chi connectivity index (χ0n) is 22.0. The average molecular weight is 532 g/mol. The number of fused-ring (bicyclic) bond motifs is 2. The van der Waals surface area contributed by atoms with Crippen LogP contribution in [-0.2, 0) is 32.9 Å². The van der Waals surface area contributed by atoms with E-state index >= 15 is 0 Å². The molecular weight excluding hydrogens is 498 g/mol. The van der Waals surface area contributed by atoms with Crippen molar-refractivity contribution in [3.8, 4) is 0 Å². The summed E-state index contributed by atoms with van der Waals surface area (Å²) in [4.78, 5) is 43.5. The second-order valence-electron chi connectivity index (χ2n) is 10.2. The molecule has 204 valence electrons. The first-order valence-electron chi connectivity index (χ1n) is 13.2. The molecule has 0 unspecified atom stereocenters. The third kappa shape index (κ3) is 4.62. The van der Waals surface area contributed by atoms with Crippen LogP contribution in [0.1, 0.15) is 30.0 Å². The van der Waals surface area contributed by atoms with Gasteiger partial charge in [-0.1, -0.05) is 49.4 Å². The molecule has 1 saturated heterocycles. The fourth-order valence-corrected chi connectivity index (χ4v) is 5.71. The minimum absolute atomic E-state index is 0.0656. The number of ether oxygens (including phenoxy) is 1. The van der Waals surface area contributed by atoms with E-state index in [0.29, 0.717) is 36.4 Å². The van der Waals surface area contributed by atoms with Gasteiger partial charge in [0.2, 0.25) is 5.91 Å². The normalized spacial score (nSPS) is 23.2. The highest BCUT2D eigenvalue weighted by atomic mass is 16.6. The standard InChI is InChI=1S/C30H33N3O6/c1-3-13-32-26-12-11-23(31-14-15-39-29(31)37)17-25(26)30(38,28(32)36)20(2)7-6-10-27(35)33-18-22-9-5-4-8-21(22)16-24(33)19-34/h3-9,11-12,17,20,24,34,38H,1,10,13-16,18-19H2,2H3/b7-6+/t20-,24-,30+/m0/s1. The van der Waals surface area contributed by atoms with Crippen molar-refractivity contribution >= 4 is 29.3 Å². The monoisotopic (exact) mass is 531 g/mol. The van der Waals surface area contributed by atoms with Gasteiger partial charge in [0.05, 0.1) is 24.9 Å². The molecular formula is C30H33N3O6. The van der Waals surface area contributed by atoms with Crippen molar-refractivity contribution in [1.82, 2.24) is 4.90 Å². The first kappa shape index (κ1) is 26.6. The predicted octanol–water partition coefficient (Wildman–Crippen LogP) is 2.89. The van der Waals surface area contributed by atoms with E-state index in [2.05, 4.69) is 6.58 Å². The minimum Gasteiger partial charge on any atom is -0.447 e. The van der Waals surface area contributed by atoms with Gasteiger partial charge in [0.1, 0.15) is 6.61 Å². The molecule has 0 aliphatic carbocycles. The Labute approximate surface area is 227 Å². The molecule has 3 atom stereocenters. The predicted molar refractivity (Wildman–Crippen MR) is 146 cm³/mol. The highest BCUT2D eigenvalue weighted by Gasteiger charge is 2.52. The highest BCUT2D eigenvalue weighted by molar-refractivity contribution is 6.08. The SMILES string of the molecule is C=CCN1C(=O)[C@@](O)([C@@H](C)/C=C/CC(=O)N2Cc3ccccc3C[C@H]2CO)c2cc(N3CCOC3=O)ccc21. The van der Waals surface area contributed by atoms with Crippen LogP contribution in [0.5, 0.6) is 0 Å². The third-order valence-corrected chi connectivity index (χ3v) is 7.90. The third-order valence-electron chi connectivity index (χ3n) is 7.90. The lowest BCUT2D eigenvalue weighted by Gasteiger charge is -2.36. The van der Waals surface area contributed by atoms with Gasteiger partial charge in [0, 0.05) is 36.7 Å². The van der Waals surface area contributed by atoms with Gasteiger partial charge >= 0.3 is 6.09 Å². The number of amides is 3. The van der Waals surface area contributed by atoms with Crippen molar-refractivity contribution in [2.24, 2.45) is 5.92 Å². The summed E-state index contributed by atoms with van der Waals surface area (Å²) in [7, 11) is 0. The molecule has 0 aromatic heterocycles. The van der Waals surface area contributed by atoms with Gasteiger partial charge < -0.3 is 24.7 Å². The van der Waals surface area contributed by atoms with Crippen LogP contribution < -0.4 is 9.80 Å². The van der Waals surface area contributed by atoms with E-state index in [4.69, 9.17) is 4.74 Å². The lowest BCUT2D eigenvalue weighted by Crippen LogP contribution is -2.46. The lowest BCUT2D eigenvalue weighted by atomic mass is 9.82. The molecule has 2 N–H and O–H groups in total. The Morgan fingerprint density at radius 1 is 1.23 bits per heavy atom. The minimum atomic E-state index is -1.89. The molecule has 0 radical (unpaired) electrons. The Morgan fingerprint density at radius 2 is 2.00 bits per heavy atom.